The summed E-state index contributed by atoms with van der Waals surface area (Å²) in [5.74, 6) is -0.0406. The number of ether oxygens (including phenoxy) is 1. The molecule has 126 valence electrons. The second-order valence-electron chi connectivity index (χ2n) is 5.28. The molecule has 1 aromatic heterocycles. The Labute approximate surface area is 149 Å². The minimum absolute atomic E-state index is 0.104. The standard InChI is InChI=1S/C18H15ClN4O2/c1-13-20-21-22-23(13)17(11-14-6-3-2-4-7-14)18(24)25-12-15-8-5-9-16(19)10-15/h2-11H,12H2,1H3/b17-11-. The van der Waals surface area contributed by atoms with Crippen molar-refractivity contribution in [1.29, 1.82) is 0 Å². The molecule has 3 rings (SSSR count). The SMILES string of the molecule is Cc1nnnn1/C(=C\c1ccccc1)C(=O)OCc1cccc(Cl)c1. The van der Waals surface area contributed by atoms with E-state index in [1.807, 2.05) is 36.4 Å². The molecule has 0 aliphatic rings. The van der Waals surface area contributed by atoms with E-state index in [0.29, 0.717) is 10.8 Å². The van der Waals surface area contributed by atoms with Gasteiger partial charge in [0.25, 0.3) is 0 Å². The van der Waals surface area contributed by atoms with E-state index in [4.69, 9.17) is 16.3 Å². The van der Waals surface area contributed by atoms with Crippen molar-refractivity contribution < 1.29 is 9.53 Å². The average molecular weight is 355 g/mol. The van der Waals surface area contributed by atoms with Gasteiger partial charge in [-0.25, -0.2) is 4.79 Å². The third-order valence-electron chi connectivity index (χ3n) is 3.42. The summed E-state index contributed by atoms with van der Waals surface area (Å²) >= 11 is 5.95. The third-order valence-corrected chi connectivity index (χ3v) is 3.66. The zero-order valence-electron chi connectivity index (χ0n) is 13.5. The zero-order chi connectivity index (χ0) is 17.6. The van der Waals surface area contributed by atoms with Crippen LogP contribution in [0.4, 0.5) is 0 Å². The van der Waals surface area contributed by atoms with E-state index in [1.54, 1.807) is 31.2 Å². The molecule has 2 aromatic carbocycles. The molecule has 0 saturated carbocycles. The minimum Gasteiger partial charge on any atom is -0.456 e. The molecule has 0 aliphatic heterocycles. The molecule has 7 heteroatoms. The van der Waals surface area contributed by atoms with Crippen LogP contribution in [0.3, 0.4) is 0 Å². The number of carbonyl (C=O) groups is 1. The number of aryl methyl sites for hydroxylation is 1. The number of carbonyl (C=O) groups excluding carboxylic acids is 1. The largest absolute Gasteiger partial charge is 0.456 e. The maximum absolute atomic E-state index is 12.6. The lowest BCUT2D eigenvalue weighted by atomic mass is 10.2. The van der Waals surface area contributed by atoms with Crippen LogP contribution in [0.2, 0.25) is 5.02 Å². The van der Waals surface area contributed by atoms with E-state index < -0.39 is 5.97 Å². The highest BCUT2D eigenvalue weighted by Gasteiger charge is 2.18. The van der Waals surface area contributed by atoms with Gasteiger partial charge in [-0.1, -0.05) is 54.1 Å². The number of aromatic nitrogens is 4. The second-order valence-corrected chi connectivity index (χ2v) is 5.72. The predicted octanol–water partition coefficient (Wildman–Crippen LogP) is 3.38. The Morgan fingerprint density at radius 2 is 2.00 bits per heavy atom. The van der Waals surface area contributed by atoms with E-state index in [1.165, 1.54) is 4.68 Å². The summed E-state index contributed by atoms with van der Waals surface area (Å²) in [5, 5.41) is 11.9. The molecular formula is C18H15ClN4O2. The highest BCUT2D eigenvalue weighted by atomic mass is 35.5. The minimum atomic E-state index is -0.528. The van der Waals surface area contributed by atoms with Gasteiger partial charge in [-0.05, 0) is 46.7 Å². The first-order valence-corrected chi connectivity index (χ1v) is 7.95. The van der Waals surface area contributed by atoms with Crippen LogP contribution in [0.15, 0.2) is 54.6 Å². The van der Waals surface area contributed by atoms with Crippen molar-refractivity contribution in [3.05, 3.63) is 76.6 Å². The van der Waals surface area contributed by atoms with Crippen molar-refractivity contribution in [2.24, 2.45) is 0 Å². The normalized spacial score (nSPS) is 11.4. The van der Waals surface area contributed by atoms with Gasteiger partial charge in [0.1, 0.15) is 6.61 Å². The lowest BCUT2D eigenvalue weighted by molar-refractivity contribution is -0.138. The van der Waals surface area contributed by atoms with Gasteiger partial charge in [-0.15, -0.1) is 5.10 Å². The zero-order valence-corrected chi connectivity index (χ0v) is 14.2. The van der Waals surface area contributed by atoms with Crippen LogP contribution in [0.1, 0.15) is 17.0 Å². The van der Waals surface area contributed by atoms with Gasteiger partial charge in [-0.2, -0.15) is 4.68 Å². The number of nitrogens with zero attached hydrogens (tertiary/aromatic N) is 4. The highest BCUT2D eigenvalue weighted by molar-refractivity contribution is 6.30. The molecule has 0 aliphatic carbocycles. The summed E-state index contributed by atoms with van der Waals surface area (Å²) in [6.45, 7) is 1.82. The van der Waals surface area contributed by atoms with Crippen LogP contribution in [0.25, 0.3) is 11.8 Å². The van der Waals surface area contributed by atoms with Crippen molar-refractivity contribution in [3.8, 4) is 0 Å². The quantitative estimate of drug-likeness (QED) is 0.519. The lowest BCUT2D eigenvalue weighted by Gasteiger charge is -2.09. The Bertz CT molecular complexity index is 906. The molecule has 1 heterocycles. The monoisotopic (exact) mass is 354 g/mol. The average Bonchev–Trinajstić information content (AvgIpc) is 3.04. The Hall–Kier alpha value is -2.99. The van der Waals surface area contributed by atoms with Crippen molar-refractivity contribution in [3.63, 3.8) is 0 Å². The van der Waals surface area contributed by atoms with Crippen LogP contribution < -0.4 is 0 Å². The number of halogens is 1. The van der Waals surface area contributed by atoms with Crippen LogP contribution >= 0.6 is 11.6 Å². The second kappa shape index (κ2) is 7.72. The molecule has 0 bridgehead atoms. The van der Waals surface area contributed by atoms with E-state index in [0.717, 1.165) is 11.1 Å². The van der Waals surface area contributed by atoms with Crippen molar-refractivity contribution in [1.82, 2.24) is 20.2 Å². The Kier molecular flexibility index (Phi) is 5.20. The summed E-state index contributed by atoms with van der Waals surface area (Å²) in [6, 6.07) is 16.6. The number of tetrazole rings is 1. The number of esters is 1. The molecule has 0 fully saturated rings. The van der Waals surface area contributed by atoms with Crippen LogP contribution in [0, 0.1) is 6.92 Å². The molecule has 0 unspecified atom stereocenters. The van der Waals surface area contributed by atoms with Crippen LogP contribution in [-0.4, -0.2) is 26.2 Å². The molecule has 3 aromatic rings. The van der Waals surface area contributed by atoms with Crippen molar-refractivity contribution >= 4 is 29.3 Å². The fourth-order valence-corrected chi connectivity index (χ4v) is 2.43. The molecule has 0 amide bonds. The maximum Gasteiger partial charge on any atom is 0.357 e. The summed E-state index contributed by atoms with van der Waals surface area (Å²) in [7, 11) is 0. The maximum atomic E-state index is 12.6. The van der Waals surface area contributed by atoms with Gasteiger partial charge in [0, 0.05) is 5.02 Å². The summed E-state index contributed by atoms with van der Waals surface area (Å²) in [6.07, 6.45) is 1.68. The first-order valence-electron chi connectivity index (χ1n) is 7.57. The van der Waals surface area contributed by atoms with E-state index in [9.17, 15) is 4.79 Å². The highest BCUT2D eigenvalue weighted by Crippen LogP contribution is 2.16. The molecule has 0 radical (unpaired) electrons. The summed E-state index contributed by atoms with van der Waals surface area (Å²) in [4.78, 5) is 12.6. The molecule has 6 nitrogen and oxygen atoms in total. The van der Waals surface area contributed by atoms with Gasteiger partial charge < -0.3 is 4.74 Å². The fraction of sp³-hybridized carbons (Fsp3) is 0.111. The molecule has 0 N–H and O–H groups in total. The van der Waals surface area contributed by atoms with Crippen LogP contribution in [-0.2, 0) is 16.1 Å². The van der Waals surface area contributed by atoms with Gasteiger partial charge >= 0.3 is 5.97 Å². The van der Waals surface area contributed by atoms with Gasteiger partial charge in [0.2, 0.25) is 0 Å². The third kappa shape index (κ3) is 4.30. The van der Waals surface area contributed by atoms with Gasteiger partial charge in [0.05, 0.1) is 0 Å². The Morgan fingerprint density at radius 3 is 2.68 bits per heavy atom. The molecule has 0 spiro atoms. The number of hydrogen-bond acceptors (Lipinski definition) is 5. The molecule has 25 heavy (non-hydrogen) atoms. The summed E-state index contributed by atoms with van der Waals surface area (Å²) in [5.41, 5.74) is 1.87. The topological polar surface area (TPSA) is 69.9 Å². The Balaban J connectivity index is 1.85. The molecular weight excluding hydrogens is 340 g/mol. The van der Waals surface area contributed by atoms with Gasteiger partial charge in [0.15, 0.2) is 11.5 Å². The Morgan fingerprint density at radius 1 is 1.20 bits per heavy atom. The van der Waals surface area contributed by atoms with E-state index >= 15 is 0 Å². The van der Waals surface area contributed by atoms with Crippen molar-refractivity contribution in [2.45, 2.75) is 13.5 Å². The number of rotatable bonds is 5. The van der Waals surface area contributed by atoms with Crippen LogP contribution in [0.5, 0.6) is 0 Å². The summed E-state index contributed by atoms with van der Waals surface area (Å²) < 4.78 is 6.77. The lowest BCUT2D eigenvalue weighted by Crippen LogP contribution is -2.15. The first-order chi connectivity index (χ1) is 12.1. The van der Waals surface area contributed by atoms with Crippen molar-refractivity contribution in [2.75, 3.05) is 0 Å². The smallest absolute Gasteiger partial charge is 0.357 e. The van der Waals surface area contributed by atoms with E-state index in [-0.39, 0.29) is 12.3 Å². The first kappa shape index (κ1) is 16.9. The predicted molar refractivity (Wildman–Crippen MR) is 94.4 cm³/mol. The van der Waals surface area contributed by atoms with E-state index in [2.05, 4.69) is 15.5 Å². The number of benzene rings is 2. The van der Waals surface area contributed by atoms with Gasteiger partial charge in [-0.3, -0.25) is 0 Å². The fourth-order valence-electron chi connectivity index (χ4n) is 2.22. The number of hydrogen-bond donors (Lipinski definition) is 0. The molecule has 0 atom stereocenters. The molecule has 0 saturated heterocycles.